The van der Waals surface area contributed by atoms with Crippen LogP contribution in [-0.2, 0) is 4.74 Å². The summed E-state index contributed by atoms with van der Waals surface area (Å²) in [6.45, 7) is 5.45. The van der Waals surface area contributed by atoms with Crippen LogP contribution in [0.4, 0.5) is 0 Å². The maximum Gasteiger partial charge on any atom is 0.254 e. The van der Waals surface area contributed by atoms with Crippen molar-refractivity contribution in [3.05, 3.63) is 47.8 Å². The van der Waals surface area contributed by atoms with Crippen LogP contribution in [-0.4, -0.2) is 43.7 Å². The van der Waals surface area contributed by atoms with Gasteiger partial charge in [-0.15, -0.1) is 0 Å². The summed E-state index contributed by atoms with van der Waals surface area (Å²) < 4.78 is 16.1. The lowest BCUT2D eigenvalue weighted by Crippen LogP contribution is -2.43. The third kappa shape index (κ3) is 3.40. The molecule has 0 aromatic carbocycles. The standard InChI is InChI=1S/C16H20N2O4/c1-12-2-3-15(22-12)14(18-5-8-20-9-6-18)10-17-16(19)13-4-7-21-11-13/h2-4,7,11,14H,5-6,8-10H2,1H3,(H,17,19)/t14-/m0/s1. The number of nitrogens with zero attached hydrogens (tertiary/aromatic N) is 1. The molecule has 1 saturated heterocycles. The molecule has 6 nitrogen and oxygen atoms in total. The summed E-state index contributed by atoms with van der Waals surface area (Å²) in [5, 5.41) is 2.95. The van der Waals surface area contributed by atoms with Crippen LogP contribution in [0.15, 0.2) is 39.6 Å². The van der Waals surface area contributed by atoms with Gasteiger partial charge < -0.3 is 18.9 Å². The number of nitrogens with one attached hydrogen (secondary N) is 1. The van der Waals surface area contributed by atoms with Crippen molar-refractivity contribution in [1.82, 2.24) is 10.2 Å². The summed E-state index contributed by atoms with van der Waals surface area (Å²) in [5.41, 5.74) is 0.524. The highest BCUT2D eigenvalue weighted by Crippen LogP contribution is 2.23. The maximum atomic E-state index is 12.1. The van der Waals surface area contributed by atoms with Crippen molar-refractivity contribution < 1.29 is 18.4 Å². The van der Waals surface area contributed by atoms with E-state index in [1.165, 1.54) is 12.5 Å². The van der Waals surface area contributed by atoms with Crippen molar-refractivity contribution in [2.45, 2.75) is 13.0 Å². The first kappa shape index (κ1) is 14.9. The topological polar surface area (TPSA) is 67.9 Å². The molecule has 2 aromatic heterocycles. The number of morpholine rings is 1. The lowest BCUT2D eigenvalue weighted by Gasteiger charge is -2.33. The third-order valence-corrected chi connectivity index (χ3v) is 3.82. The first-order valence-electron chi connectivity index (χ1n) is 7.42. The molecule has 1 N–H and O–H groups in total. The van der Waals surface area contributed by atoms with Gasteiger partial charge in [0.05, 0.1) is 31.1 Å². The van der Waals surface area contributed by atoms with Gasteiger partial charge in [-0.1, -0.05) is 0 Å². The lowest BCUT2D eigenvalue weighted by atomic mass is 10.1. The Balaban J connectivity index is 1.69. The van der Waals surface area contributed by atoms with Crippen molar-refractivity contribution in [2.75, 3.05) is 32.8 Å². The zero-order valence-electron chi connectivity index (χ0n) is 12.6. The van der Waals surface area contributed by atoms with Crippen molar-refractivity contribution in [3.63, 3.8) is 0 Å². The molecule has 2 aromatic rings. The molecule has 3 heterocycles. The second-order valence-electron chi connectivity index (χ2n) is 5.33. The Morgan fingerprint density at radius 1 is 1.32 bits per heavy atom. The molecule has 1 fully saturated rings. The fraction of sp³-hybridized carbons (Fsp3) is 0.438. The van der Waals surface area contributed by atoms with E-state index < -0.39 is 0 Å². The molecule has 0 saturated carbocycles. The first-order valence-corrected chi connectivity index (χ1v) is 7.42. The molecular formula is C16H20N2O4. The smallest absolute Gasteiger partial charge is 0.254 e. The van der Waals surface area contributed by atoms with Gasteiger partial charge in [-0.25, -0.2) is 0 Å². The number of hydrogen-bond donors (Lipinski definition) is 1. The fourth-order valence-electron chi connectivity index (χ4n) is 2.62. The van der Waals surface area contributed by atoms with Crippen molar-refractivity contribution in [1.29, 1.82) is 0 Å². The molecule has 3 rings (SSSR count). The predicted molar refractivity (Wildman–Crippen MR) is 79.6 cm³/mol. The molecular weight excluding hydrogens is 284 g/mol. The Kier molecular flexibility index (Phi) is 4.60. The van der Waals surface area contributed by atoms with Gasteiger partial charge in [0.25, 0.3) is 5.91 Å². The van der Waals surface area contributed by atoms with E-state index in [9.17, 15) is 4.79 Å². The molecule has 22 heavy (non-hydrogen) atoms. The second-order valence-corrected chi connectivity index (χ2v) is 5.33. The largest absolute Gasteiger partial charge is 0.472 e. The molecule has 0 radical (unpaired) electrons. The van der Waals surface area contributed by atoms with Crippen LogP contribution in [0.5, 0.6) is 0 Å². The molecule has 1 aliphatic rings. The van der Waals surface area contributed by atoms with Gasteiger partial charge in [-0.2, -0.15) is 0 Å². The van der Waals surface area contributed by atoms with Gasteiger partial charge in [0.15, 0.2) is 0 Å². The zero-order valence-corrected chi connectivity index (χ0v) is 12.6. The van der Waals surface area contributed by atoms with Crippen LogP contribution in [0.2, 0.25) is 0 Å². The molecule has 6 heteroatoms. The van der Waals surface area contributed by atoms with Gasteiger partial charge in [-0.05, 0) is 25.1 Å². The summed E-state index contributed by atoms with van der Waals surface area (Å²) in [5.74, 6) is 1.59. The molecule has 118 valence electrons. The van der Waals surface area contributed by atoms with Crippen LogP contribution >= 0.6 is 0 Å². The minimum atomic E-state index is -0.143. The molecule has 0 aliphatic carbocycles. The van der Waals surface area contributed by atoms with E-state index in [1.54, 1.807) is 6.07 Å². The van der Waals surface area contributed by atoms with Gasteiger partial charge in [0, 0.05) is 19.6 Å². The maximum absolute atomic E-state index is 12.1. The number of ether oxygens (including phenoxy) is 1. The van der Waals surface area contributed by atoms with Gasteiger partial charge in [0.2, 0.25) is 0 Å². The van der Waals surface area contributed by atoms with Gasteiger partial charge in [-0.3, -0.25) is 9.69 Å². The summed E-state index contributed by atoms with van der Waals surface area (Å²) >= 11 is 0. The van der Waals surface area contributed by atoms with E-state index in [2.05, 4.69) is 10.2 Å². The van der Waals surface area contributed by atoms with E-state index >= 15 is 0 Å². The number of furan rings is 2. The average molecular weight is 304 g/mol. The Morgan fingerprint density at radius 3 is 2.77 bits per heavy atom. The third-order valence-electron chi connectivity index (χ3n) is 3.82. The van der Waals surface area contributed by atoms with Gasteiger partial charge in [0.1, 0.15) is 17.8 Å². The fourth-order valence-corrected chi connectivity index (χ4v) is 2.62. The van der Waals surface area contributed by atoms with Crippen LogP contribution in [0, 0.1) is 6.92 Å². The Labute approximate surface area is 129 Å². The van der Waals surface area contributed by atoms with Crippen molar-refractivity contribution in [2.24, 2.45) is 0 Å². The molecule has 1 amide bonds. The molecule has 0 bridgehead atoms. The van der Waals surface area contributed by atoms with E-state index in [-0.39, 0.29) is 11.9 Å². The van der Waals surface area contributed by atoms with Crippen LogP contribution in [0.1, 0.15) is 27.9 Å². The second kappa shape index (κ2) is 6.81. The Bertz CT molecular complexity index is 599. The Morgan fingerprint density at radius 2 is 2.14 bits per heavy atom. The quantitative estimate of drug-likeness (QED) is 0.915. The van der Waals surface area contributed by atoms with E-state index in [1.807, 2.05) is 19.1 Å². The van der Waals surface area contributed by atoms with Crippen molar-refractivity contribution in [3.8, 4) is 0 Å². The van der Waals surface area contributed by atoms with Crippen LogP contribution < -0.4 is 5.32 Å². The summed E-state index contributed by atoms with van der Waals surface area (Å²) in [6, 6.07) is 5.57. The number of amides is 1. The summed E-state index contributed by atoms with van der Waals surface area (Å²) in [6.07, 6.45) is 2.93. The average Bonchev–Trinajstić information content (AvgIpc) is 3.20. The number of hydrogen-bond acceptors (Lipinski definition) is 5. The first-order chi connectivity index (χ1) is 10.7. The van der Waals surface area contributed by atoms with Crippen LogP contribution in [0.25, 0.3) is 0 Å². The van der Waals surface area contributed by atoms with Crippen LogP contribution in [0.3, 0.4) is 0 Å². The SMILES string of the molecule is Cc1ccc([C@H](CNC(=O)c2ccoc2)N2CCOCC2)o1. The minimum Gasteiger partial charge on any atom is -0.472 e. The lowest BCUT2D eigenvalue weighted by molar-refractivity contribution is 0.0117. The highest BCUT2D eigenvalue weighted by molar-refractivity contribution is 5.93. The highest BCUT2D eigenvalue weighted by Gasteiger charge is 2.25. The number of carbonyl (C=O) groups is 1. The van der Waals surface area contributed by atoms with E-state index in [0.29, 0.717) is 25.3 Å². The summed E-state index contributed by atoms with van der Waals surface area (Å²) in [4.78, 5) is 14.4. The number of aryl methyl sites for hydroxylation is 1. The highest BCUT2D eigenvalue weighted by atomic mass is 16.5. The number of rotatable bonds is 5. The molecule has 1 aliphatic heterocycles. The molecule has 1 atom stereocenters. The van der Waals surface area contributed by atoms with E-state index in [4.69, 9.17) is 13.6 Å². The normalized spacial score (nSPS) is 17.3. The molecule has 0 unspecified atom stereocenters. The van der Waals surface area contributed by atoms with E-state index in [0.717, 1.165) is 24.6 Å². The number of carbonyl (C=O) groups excluding carboxylic acids is 1. The Hall–Kier alpha value is -2.05. The van der Waals surface area contributed by atoms with Crippen molar-refractivity contribution >= 4 is 5.91 Å². The molecule has 0 spiro atoms. The monoisotopic (exact) mass is 304 g/mol. The minimum absolute atomic E-state index is 0.00783. The van der Waals surface area contributed by atoms with Gasteiger partial charge >= 0.3 is 0 Å². The zero-order chi connectivity index (χ0) is 15.4. The predicted octanol–water partition coefficient (Wildman–Crippen LogP) is 1.98. The summed E-state index contributed by atoms with van der Waals surface area (Å²) in [7, 11) is 0.